The van der Waals surface area contributed by atoms with Gasteiger partial charge in [-0.05, 0) is 12.1 Å². The van der Waals surface area contributed by atoms with Crippen LogP contribution in [-0.4, -0.2) is 12.0 Å². The first-order valence-corrected chi connectivity index (χ1v) is 4.04. The van der Waals surface area contributed by atoms with Gasteiger partial charge in [-0.15, -0.1) is 0 Å². The molecule has 0 saturated heterocycles. The van der Waals surface area contributed by atoms with Crippen LogP contribution in [0.5, 0.6) is 0 Å². The molecule has 13 heavy (non-hydrogen) atoms. The highest BCUT2D eigenvalue weighted by atomic mass is 15.0. The molecule has 0 aliphatic carbocycles. The molecule has 3 heteroatoms. The number of H-pyrrole nitrogens is 1. The van der Waals surface area contributed by atoms with Gasteiger partial charge in [-0.25, -0.2) is 0 Å². The van der Waals surface area contributed by atoms with Crippen molar-refractivity contribution in [3.8, 4) is 6.07 Å². The average molecular weight is 171 g/mol. The van der Waals surface area contributed by atoms with E-state index in [-0.39, 0.29) is 0 Å². The molecule has 2 aromatic rings. The van der Waals surface area contributed by atoms with Crippen molar-refractivity contribution in [2.24, 2.45) is 0 Å². The van der Waals surface area contributed by atoms with E-state index < -0.39 is 0 Å². The fourth-order valence-electron chi connectivity index (χ4n) is 1.38. The molecule has 0 amide bonds. The first-order chi connectivity index (χ1) is 6.35. The van der Waals surface area contributed by atoms with Gasteiger partial charge in [-0.3, -0.25) is 0 Å². The van der Waals surface area contributed by atoms with Crippen molar-refractivity contribution in [1.82, 2.24) is 4.98 Å². The molecule has 0 bridgehead atoms. The summed E-state index contributed by atoms with van der Waals surface area (Å²) in [5, 5.41) is 12.9. The second-order valence-electron chi connectivity index (χ2n) is 2.81. The number of fused-ring (bicyclic) bond motifs is 1. The minimum atomic E-state index is 0.680. The van der Waals surface area contributed by atoms with Gasteiger partial charge in [-0.2, -0.15) is 5.26 Å². The largest absolute Gasteiger partial charge is 0.375 e. The third-order valence-electron chi connectivity index (χ3n) is 2.05. The summed E-state index contributed by atoms with van der Waals surface area (Å²) in [4.78, 5) is 3.13. The number of aromatic amines is 1. The van der Waals surface area contributed by atoms with E-state index in [1.807, 2.05) is 25.2 Å². The molecule has 0 saturated carbocycles. The molecular formula is C10H9N3. The summed E-state index contributed by atoms with van der Waals surface area (Å²) in [6.07, 6.45) is 0. The zero-order chi connectivity index (χ0) is 9.26. The number of rotatable bonds is 1. The third-order valence-corrected chi connectivity index (χ3v) is 2.05. The van der Waals surface area contributed by atoms with Gasteiger partial charge in [-0.1, -0.05) is 12.1 Å². The van der Waals surface area contributed by atoms with Gasteiger partial charge in [0, 0.05) is 12.4 Å². The van der Waals surface area contributed by atoms with Crippen LogP contribution in [0.1, 0.15) is 5.56 Å². The summed E-state index contributed by atoms with van der Waals surface area (Å²) in [5.74, 6) is 0.928. The maximum absolute atomic E-state index is 8.83. The fourth-order valence-corrected chi connectivity index (χ4v) is 1.38. The Bertz CT molecular complexity index is 476. The number of anilines is 1. The first-order valence-electron chi connectivity index (χ1n) is 4.04. The Kier molecular flexibility index (Phi) is 1.67. The molecule has 0 atom stereocenters. The van der Waals surface area contributed by atoms with Gasteiger partial charge in [0.1, 0.15) is 11.9 Å². The summed E-state index contributed by atoms with van der Waals surface area (Å²) < 4.78 is 0. The van der Waals surface area contributed by atoms with Crippen molar-refractivity contribution in [3.63, 3.8) is 0 Å². The highest BCUT2D eigenvalue weighted by molar-refractivity contribution is 5.88. The molecular weight excluding hydrogens is 162 g/mol. The number of aromatic nitrogens is 1. The quantitative estimate of drug-likeness (QED) is 0.690. The zero-order valence-electron chi connectivity index (χ0n) is 7.26. The summed E-state index contributed by atoms with van der Waals surface area (Å²) in [5.41, 5.74) is 1.58. The van der Waals surface area contributed by atoms with Crippen LogP contribution < -0.4 is 5.32 Å². The lowest BCUT2D eigenvalue weighted by atomic mass is 10.2. The number of hydrogen-bond acceptors (Lipinski definition) is 2. The van der Waals surface area contributed by atoms with E-state index >= 15 is 0 Å². The minimum Gasteiger partial charge on any atom is -0.375 e. The van der Waals surface area contributed by atoms with Crippen LogP contribution in [0.15, 0.2) is 24.3 Å². The predicted molar refractivity (Wildman–Crippen MR) is 52.6 cm³/mol. The van der Waals surface area contributed by atoms with Crippen LogP contribution in [0.4, 0.5) is 5.82 Å². The van der Waals surface area contributed by atoms with E-state index in [2.05, 4.69) is 16.4 Å². The monoisotopic (exact) mass is 171 g/mol. The molecule has 1 aromatic heterocycles. The Hall–Kier alpha value is -1.95. The Labute approximate surface area is 76.0 Å². The van der Waals surface area contributed by atoms with E-state index in [9.17, 15) is 0 Å². The normalized spacial score (nSPS) is 9.85. The smallest absolute Gasteiger partial charge is 0.104 e. The number of nitrogens with zero attached hydrogens (tertiary/aromatic N) is 1. The standard InChI is InChI=1S/C10H9N3/c1-12-9-5-7-3-2-4-8(6-11)10(7)13-9/h2-5,12-13H,1H3. The Morgan fingerprint density at radius 3 is 3.00 bits per heavy atom. The van der Waals surface area contributed by atoms with E-state index in [4.69, 9.17) is 5.26 Å². The van der Waals surface area contributed by atoms with E-state index in [1.165, 1.54) is 0 Å². The molecule has 0 aliphatic heterocycles. The number of para-hydroxylation sites is 1. The summed E-state index contributed by atoms with van der Waals surface area (Å²) in [6, 6.07) is 9.80. The van der Waals surface area contributed by atoms with Gasteiger partial charge in [0.25, 0.3) is 0 Å². The van der Waals surface area contributed by atoms with Crippen LogP contribution in [-0.2, 0) is 0 Å². The fraction of sp³-hybridized carbons (Fsp3) is 0.100. The van der Waals surface area contributed by atoms with Crippen molar-refractivity contribution in [2.75, 3.05) is 12.4 Å². The molecule has 0 spiro atoms. The highest BCUT2D eigenvalue weighted by Crippen LogP contribution is 2.20. The molecule has 0 unspecified atom stereocenters. The predicted octanol–water partition coefficient (Wildman–Crippen LogP) is 2.08. The molecule has 2 rings (SSSR count). The van der Waals surface area contributed by atoms with Crippen molar-refractivity contribution in [3.05, 3.63) is 29.8 Å². The molecule has 0 aliphatic rings. The lowest BCUT2D eigenvalue weighted by molar-refractivity contribution is 1.38. The maximum Gasteiger partial charge on any atom is 0.104 e. The molecule has 3 nitrogen and oxygen atoms in total. The Balaban J connectivity index is 2.76. The van der Waals surface area contributed by atoms with Gasteiger partial charge < -0.3 is 10.3 Å². The van der Waals surface area contributed by atoms with Gasteiger partial charge in [0.2, 0.25) is 0 Å². The van der Waals surface area contributed by atoms with Crippen molar-refractivity contribution >= 4 is 16.7 Å². The molecule has 2 N–H and O–H groups in total. The Morgan fingerprint density at radius 2 is 2.31 bits per heavy atom. The van der Waals surface area contributed by atoms with E-state index in [0.29, 0.717) is 5.56 Å². The number of nitrogens with one attached hydrogen (secondary N) is 2. The lowest BCUT2D eigenvalue weighted by Gasteiger charge is -1.91. The van der Waals surface area contributed by atoms with E-state index in [0.717, 1.165) is 16.7 Å². The molecule has 64 valence electrons. The van der Waals surface area contributed by atoms with Gasteiger partial charge >= 0.3 is 0 Å². The second-order valence-corrected chi connectivity index (χ2v) is 2.81. The number of benzene rings is 1. The van der Waals surface area contributed by atoms with Crippen LogP contribution >= 0.6 is 0 Å². The van der Waals surface area contributed by atoms with Crippen molar-refractivity contribution in [1.29, 1.82) is 5.26 Å². The van der Waals surface area contributed by atoms with Gasteiger partial charge in [0.15, 0.2) is 0 Å². The molecule has 0 radical (unpaired) electrons. The maximum atomic E-state index is 8.83. The number of nitriles is 1. The highest BCUT2D eigenvalue weighted by Gasteiger charge is 2.02. The lowest BCUT2D eigenvalue weighted by Crippen LogP contribution is -1.85. The first kappa shape index (κ1) is 7.69. The van der Waals surface area contributed by atoms with Crippen LogP contribution in [0.2, 0.25) is 0 Å². The van der Waals surface area contributed by atoms with Crippen molar-refractivity contribution < 1.29 is 0 Å². The molecule has 1 heterocycles. The second kappa shape index (κ2) is 2.83. The topological polar surface area (TPSA) is 51.6 Å². The average Bonchev–Trinajstić information content (AvgIpc) is 2.59. The Morgan fingerprint density at radius 1 is 1.46 bits per heavy atom. The summed E-state index contributed by atoms with van der Waals surface area (Å²) >= 11 is 0. The van der Waals surface area contributed by atoms with E-state index in [1.54, 1.807) is 6.07 Å². The summed E-state index contributed by atoms with van der Waals surface area (Å²) in [6.45, 7) is 0. The third kappa shape index (κ3) is 1.13. The van der Waals surface area contributed by atoms with Crippen LogP contribution in [0.3, 0.4) is 0 Å². The molecule has 0 fully saturated rings. The molecule has 1 aromatic carbocycles. The SMILES string of the molecule is CNc1cc2cccc(C#N)c2[nH]1. The number of hydrogen-bond donors (Lipinski definition) is 2. The van der Waals surface area contributed by atoms with Crippen LogP contribution in [0, 0.1) is 11.3 Å². The summed E-state index contributed by atoms with van der Waals surface area (Å²) in [7, 11) is 1.84. The zero-order valence-corrected chi connectivity index (χ0v) is 7.26. The van der Waals surface area contributed by atoms with Crippen molar-refractivity contribution in [2.45, 2.75) is 0 Å². The minimum absolute atomic E-state index is 0.680. The van der Waals surface area contributed by atoms with Crippen LogP contribution in [0.25, 0.3) is 10.9 Å². The van der Waals surface area contributed by atoms with Gasteiger partial charge in [0.05, 0.1) is 11.1 Å².